The summed E-state index contributed by atoms with van der Waals surface area (Å²) in [7, 11) is 0. The molecule has 0 aliphatic rings. The highest BCUT2D eigenvalue weighted by Gasteiger charge is 2.23. The molecule has 0 aliphatic heterocycles. The van der Waals surface area contributed by atoms with E-state index in [4.69, 9.17) is 0 Å². The number of pyridine rings is 1. The van der Waals surface area contributed by atoms with Crippen LogP contribution in [-0.4, -0.2) is 6.71 Å². The molecule has 4 rings (SSSR count). The predicted octanol–water partition coefficient (Wildman–Crippen LogP) is 8.44. The molecular weight excluding hydrogens is 493 g/mol. The van der Waals surface area contributed by atoms with Gasteiger partial charge in [-0.25, -0.2) is 4.57 Å². The van der Waals surface area contributed by atoms with Gasteiger partial charge in [-0.1, -0.05) is 191 Å². The summed E-state index contributed by atoms with van der Waals surface area (Å²) in [6.45, 7) is 5.96. The summed E-state index contributed by atoms with van der Waals surface area (Å²) in [6, 6.07) is 37.2. The largest absolute Gasteiger partial charge is 0.241 e. The number of aromatic nitrogens is 1. The zero-order chi connectivity index (χ0) is 28.8. The van der Waals surface area contributed by atoms with Crippen molar-refractivity contribution in [3.63, 3.8) is 0 Å². The van der Waals surface area contributed by atoms with Gasteiger partial charge in [0, 0.05) is 18.6 Å². The van der Waals surface area contributed by atoms with Crippen LogP contribution in [0.5, 0.6) is 0 Å². The number of nitrogens with zero attached hydrogens (tertiary/aromatic N) is 1. The molecule has 0 spiro atoms. The second-order valence-corrected chi connectivity index (χ2v) is 11.4. The molecule has 0 N–H and O–H groups in total. The van der Waals surface area contributed by atoms with Crippen LogP contribution in [0.1, 0.15) is 96.5 Å². The summed E-state index contributed by atoms with van der Waals surface area (Å²) in [4.78, 5) is 0. The summed E-state index contributed by atoms with van der Waals surface area (Å²) in [5.74, 6) is 0. The molecule has 0 fully saturated rings. The average Bonchev–Trinajstić information content (AvgIpc) is 3.03. The molecule has 0 atom stereocenters. The molecule has 0 saturated carbocycles. The standard InChI is InChI=1S/C30H39B.C9H14N/c1-2-3-4-5-6-7-8-9-10-13-20-27-21-18-19-26-30(27)31(28-22-14-11-15-23-28)29-24-16-12-17-25-29;1-2-3-7-10-8-5-4-6-9-10/h11-12,14-19,21-26H,2-10,13,20H2,1H3;4-6,8-9H,2-3,7H2,1H3/q;+1. The van der Waals surface area contributed by atoms with Gasteiger partial charge < -0.3 is 0 Å². The van der Waals surface area contributed by atoms with E-state index in [-0.39, 0.29) is 0 Å². The number of aryl methyl sites for hydroxylation is 2. The molecule has 0 aliphatic carbocycles. The van der Waals surface area contributed by atoms with Gasteiger partial charge in [-0.3, -0.25) is 0 Å². The summed E-state index contributed by atoms with van der Waals surface area (Å²) < 4.78 is 2.21. The third-order valence-electron chi connectivity index (χ3n) is 7.98. The van der Waals surface area contributed by atoms with Gasteiger partial charge in [-0.05, 0) is 12.8 Å². The van der Waals surface area contributed by atoms with Crippen molar-refractivity contribution < 1.29 is 4.57 Å². The van der Waals surface area contributed by atoms with Gasteiger partial charge in [0.1, 0.15) is 6.54 Å². The average molecular weight is 547 g/mol. The van der Waals surface area contributed by atoms with Gasteiger partial charge in [0.05, 0.1) is 0 Å². The van der Waals surface area contributed by atoms with Crippen molar-refractivity contribution in [2.24, 2.45) is 0 Å². The van der Waals surface area contributed by atoms with Gasteiger partial charge in [-0.2, -0.15) is 0 Å². The summed E-state index contributed by atoms with van der Waals surface area (Å²) in [5.41, 5.74) is 5.74. The van der Waals surface area contributed by atoms with Crippen LogP contribution in [-0.2, 0) is 13.0 Å². The fourth-order valence-electron chi connectivity index (χ4n) is 5.61. The highest BCUT2D eigenvalue weighted by molar-refractivity contribution is 6.95. The van der Waals surface area contributed by atoms with Crippen LogP contribution in [0.3, 0.4) is 0 Å². The van der Waals surface area contributed by atoms with E-state index in [9.17, 15) is 0 Å². The Labute approximate surface area is 252 Å². The fraction of sp³-hybridized carbons (Fsp3) is 0.410. The number of unbranched alkanes of at least 4 members (excludes halogenated alkanes) is 10. The number of rotatable bonds is 17. The van der Waals surface area contributed by atoms with E-state index in [2.05, 4.69) is 128 Å². The molecule has 0 unspecified atom stereocenters. The summed E-state index contributed by atoms with van der Waals surface area (Å²) in [5, 5.41) is 0. The fourth-order valence-corrected chi connectivity index (χ4v) is 5.61. The lowest BCUT2D eigenvalue weighted by Gasteiger charge is -2.19. The van der Waals surface area contributed by atoms with Crippen LogP contribution >= 0.6 is 0 Å². The van der Waals surface area contributed by atoms with Crippen LogP contribution in [0.2, 0.25) is 0 Å². The lowest BCUT2D eigenvalue weighted by Crippen LogP contribution is -2.53. The molecule has 216 valence electrons. The first-order chi connectivity index (χ1) is 20.3. The molecule has 41 heavy (non-hydrogen) atoms. The predicted molar refractivity (Wildman–Crippen MR) is 181 cm³/mol. The molecule has 1 nitrogen and oxygen atoms in total. The van der Waals surface area contributed by atoms with Crippen molar-refractivity contribution in [2.75, 3.05) is 0 Å². The Balaban J connectivity index is 0.000000389. The van der Waals surface area contributed by atoms with Gasteiger partial charge in [0.15, 0.2) is 12.4 Å². The maximum Gasteiger partial charge on any atom is 0.241 e. The molecule has 1 aromatic heterocycles. The molecule has 4 aromatic rings. The molecule has 1 heterocycles. The van der Waals surface area contributed by atoms with Gasteiger partial charge in [0.2, 0.25) is 6.71 Å². The van der Waals surface area contributed by atoms with Crippen LogP contribution in [0, 0.1) is 0 Å². The van der Waals surface area contributed by atoms with Crippen LogP contribution in [0.25, 0.3) is 0 Å². The zero-order valence-corrected chi connectivity index (χ0v) is 25.9. The van der Waals surface area contributed by atoms with Gasteiger partial charge >= 0.3 is 0 Å². The SMILES string of the molecule is CCCCCCCCCCCCc1ccccc1B(c1ccccc1)c1ccccc1.CCCC[n+]1ccccc1. The van der Waals surface area contributed by atoms with Crippen molar-refractivity contribution in [1.29, 1.82) is 0 Å². The second kappa shape index (κ2) is 20.7. The van der Waals surface area contributed by atoms with Crippen molar-refractivity contribution in [2.45, 2.75) is 104 Å². The maximum atomic E-state index is 2.35. The van der Waals surface area contributed by atoms with Crippen LogP contribution < -0.4 is 21.0 Å². The van der Waals surface area contributed by atoms with E-state index in [1.165, 1.54) is 105 Å². The lowest BCUT2D eigenvalue weighted by molar-refractivity contribution is -0.697. The smallest absolute Gasteiger partial charge is 0.205 e. The summed E-state index contributed by atoms with van der Waals surface area (Å²) >= 11 is 0. The third-order valence-corrected chi connectivity index (χ3v) is 7.98. The van der Waals surface area contributed by atoms with E-state index in [0.717, 1.165) is 6.54 Å². The van der Waals surface area contributed by atoms with Crippen molar-refractivity contribution in [3.8, 4) is 0 Å². The molecule has 0 bridgehead atoms. The number of hydrogen-bond acceptors (Lipinski definition) is 0. The zero-order valence-electron chi connectivity index (χ0n) is 25.9. The maximum absolute atomic E-state index is 2.35. The quantitative estimate of drug-likeness (QED) is 0.0711. The second-order valence-electron chi connectivity index (χ2n) is 11.4. The minimum absolute atomic E-state index is 0.307. The van der Waals surface area contributed by atoms with Crippen LogP contribution in [0.15, 0.2) is 116 Å². The first-order valence-electron chi connectivity index (χ1n) is 16.4. The molecular formula is C39H53BN+. The third kappa shape index (κ3) is 12.5. The minimum atomic E-state index is 0.307. The van der Waals surface area contributed by atoms with E-state index < -0.39 is 0 Å². The van der Waals surface area contributed by atoms with E-state index in [0.29, 0.717) is 6.71 Å². The number of hydrogen-bond donors (Lipinski definition) is 0. The Bertz CT molecular complexity index is 1120. The van der Waals surface area contributed by atoms with Gasteiger partial charge in [-0.15, -0.1) is 0 Å². The van der Waals surface area contributed by atoms with Crippen LogP contribution in [0.4, 0.5) is 0 Å². The highest BCUT2D eigenvalue weighted by atomic mass is 14.9. The molecule has 0 saturated heterocycles. The Morgan fingerprint density at radius 2 is 0.927 bits per heavy atom. The van der Waals surface area contributed by atoms with E-state index in [1.54, 1.807) is 0 Å². The Morgan fingerprint density at radius 3 is 1.49 bits per heavy atom. The Morgan fingerprint density at radius 1 is 0.463 bits per heavy atom. The topological polar surface area (TPSA) is 3.88 Å². The van der Waals surface area contributed by atoms with Crippen molar-refractivity contribution in [3.05, 3.63) is 121 Å². The normalized spacial score (nSPS) is 10.6. The Hall–Kier alpha value is -3.13. The number of benzene rings is 3. The van der Waals surface area contributed by atoms with E-state index in [1.807, 2.05) is 6.07 Å². The lowest BCUT2D eigenvalue weighted by atomic mass is 9.36. The Kier molecular flexibility index (Phi) is 16.4. The first-order valence-corrected chi connectivity index (χ1v) is 16.4. The monoisotopic (exact) mass is 546 g/mol. The molecule has 0 radical (unpaired) electrons. The minimum Gasteiger partial charge on any atom is -0.205 e. The molecule has 3 aromatic carbocycles. The van der Waals surface area contributed by atoms with E-state index >= 15 is 0 Å². The van der Waals surface area contributed by atoms with Gasteiger partial charge in [0.25, 0.3) is 0 Å². The molecule has 0 amide bonds. The van der Waals surface area contributed by atoms with Crippen molar-refractivity contribution >= 4 is 23.1 Å². The van der Waals surface area contributed by atoms with Crippen molar-refractivity contribution in [1.82, 2.24) is 0 Å². The first kappa shape index (κ1) is 32.4. The highest BCUT2D eigenvalue weighted by Crippen LogP contribution is 2.12. The summed E-state index contributed by atoms with van der Waals surface area (Å²) in [6.07, 6.45) is 21.8. The molecule has 2 heteroatoms.